The molecule has 2 aromatic carbocycles. The number of para-hydroxylation sites is 1. The summed E-state index contributed by atoms with van der Waals surface area (Å²) in [6.07, 6.45) is 0.00695. The lowest BCUT2D eigenvalue weighted by Gasteiger charge is -2.19. The van der Waals surface area contributed by atoms with Gasteiger partial charge in [0.1, 0.15) is 11.6 Å². The van der Waals surface area contributed by atoms with E-state index in [1.54, 1.807) is 36.1 Å². The van der Waals surface area contributed by atoms with Crippen LogP contribution in [0.15, 0.2) is 53.3 Å². The number of carbonyl (C=O) groups is 1. The lowest BCUT2D eigenvalue weighted by molar-refractivity contribution is 0.0942. The highest BCUT2D eigenvalue weighted by molar-refractivity contribution is 5.92. The molecule has 0 radical (unpaired) electrons. The summed E-state index contributed by atoms with van der Waals surface area (Å²) < 4.78 is 30.6. The van der Waals surface area contributed by atoms with Crippen LogP contribution in [0.4, 0.5) is 14.5 Å². The topological polar surface area (TPSA) is 87.5 Å². The maximum atomic E-state index is 14.6. The Balaban J connectivity index is 1.54. The van der Waals surface area contributed by atoms with Gasteiger partial charge < -0.3 is 15.3 Å². The molecule has 9 heteroatoms. The first-order valence-electron chi connectivity index (χ1n) is 10.2. The van der Waals surface area contributed by atoms with Gasteiger partial charge in [-0.25, -0.2) is 13.5 Å². The van der Waals surface area contributed by atoms with Crippen molar-refractivity contribution < 1.29 is 18.7 Å². The quantitative estimate of drug-likeness (QED) is 0.636. The van der Waals surface area contributed by atoms with Crippen molar-refractivity contribution >= 4 is 11.6 Å². The van der Waals surface area contributed by atoms with E-state index in [9.17, 15) is 23.5 Å². The number of nitrogens with zero attached hydrogens (tertiary/aromatic N) is 3. The standard InChI is InChI=1S/C23H22F2N4O3/c1-14-9-21(31)22(27-29(14)15-5-3-2-4-6-15)23(32)26-12-18-19(24)10-16(11-20(18)25)28-8-7-17(30)13-28/h2-6,9-11,17,30H,7-8,12-13H2,1H3,(H,26,32)/t17-/m0/s1. The number of halogens is 2. The largest absolute Gasteiger partial charge is 0.391 e. The number of amides is 1. The highest BCUT2D eigenvalue weighted by Gasteiger charge is 2.23. The van der Waals surface area contributed by atoms with Crippen LogP contribution < -0.4 is 15.6 Å². The molecule has 1 aliphatic rings. The van der Waals surface area contributed by atoms with Gasteiger partial charge in [0.25, 0.3) is 5.91 Å². The maximum absolute atomic E-state index is 14.6. The summed E-state index contributed by atoms with van der Waals surface area (Å²) in [5.74, 6) is -2.47. The lowest BCUT2D eigenvalue weighted by atomic mass is 10.1. The molecule has 0 spiro atoms. The molecule has 1 atom stereocenters. The molecule has 3 aromatic rings. The minimum atomic E-state index is -0.828. The van der Waals surface area contributed by atoms with Crippen LogP contribution in [0.2, 0.25) is 0 Å². The summed E-state index contributed by atoms with van der Waals surface area (Å²) in [5.41, 5.74) is 0.255. The third-order valence-electron chi connectivity index (χ3n) is 5.40. The number of aliphatic hydroxyl groups excluding tert-OH is 1. The van der Waals surface area contributed by atoms with Gasteiger partial charge >= 0.3 is 0 Å². The van der Waals surface area contributed by atoms with Gasteiger partial charge in [-0.15, -0.1) is 0 Å². The number of hydrogen-bond acceptors (Lipinski definition) is 5. The molecule has 32 heavy (non-hydrogen) atoms. The summed E-state index contributed by atoms with van der Waals surface area (Å²) >= 11 is 0. The van der Waals surface area contributed by atoms with Gasteiger partial charge in [-0.1, -0.05) is 18.2 Å². The molecule has 1 saturated heterocycles. The Hall–Kier alpha value is -3.59. The van der Waals surface area contributed by atoms with Gasteiger partial charge in [0.05, 0.1) is 11.8 Å². The Kier molecular flexibility index (Phi) is 6.00. The number of nitrogens with one attached hydrogen (secondary N) is 1. The van der Waals surface area contributed by atoms with Gasteiger partial charge in [0.15, 0.2) is 5.69 Å². The summed E-state index contributed by atoms with van der Waals surface area (Å²) in [6, 6.07) is 12.6. The zero-order chi connectivity index (χ0) is 22.8. The van der Waals surface area contributed by atoms with Crippen LogP contribution in [0, 0.1) is 18.6 Å². The predicted molar refractivity (Wildman–Crippen MR) is 115 cm³/mol. The number of aryl methyl sites for hydroxylation is 1. The highest BCUT2D eigenvalue weighted by atomic mass is 19.1. The molecule has 1 fully saturated rings. The van der Waals surface area contributed by atoms with Crippen LogP contribution >= 0.6 is 0 Å². The highest BCUT2D eigenvalue weighted by Crippen LogP contribution is 2.25. The normalized spacial score (nSPS) is 15.8. The minimum Gasteiger partial charge on any atom is -0.391 e. The zero-order valence-electron chi connectivity index (χ0n) is 17.4. The number of anilines is 1. The van der Waals surface area contributed by atoms with E-state index in [-0.39, 0.29) is 11.3 Å². The smallest absolute Gasteiger partial charge is 0.276 e. The second kappa shape index (κ2) is 8.88. The molecular weight excluding hydrogens is 418 g/mol. The van der Waals surface area contributed by atoms with Crippen LogP contribution in [-0.4, -0.2) is 40.0 Å². The summed E-state index contributed by atoms with van der Waals surface area (Å²) in [5, 5.41) is 16.2. The predicted octanol–water partition coefficient (Wildman–Crippen LogP) is 2.32. The fourth-order valence-corrected chi connectivity index (χ4v) is 3.71. The van der Waals surface area contributed by atoms with Gasteiger partial charge in [-0.2, -0.15) is 5.10 Å². The van der Waals surface area contributed by atoms with Gasteiger partial charge in [0.2, 0.25) is 5.43 Å². The van der Waals surface area contributed by atoms with E-state index >= 15 is 0 Å². The Morgan fingerprint density at radius 3 is 2.47 bits per heavy atom. The van der Waals surface area contributed by atoms with E-state index in [2.05, 4.69) is 10.4 Å². The van der Waals surface area contributed by atoms with E-state index in [4.69, 9.17) is 0 Å². The summed E-state index contributed by atoms with van der Waals surface area (Å²) in [7, 11) is 0. The van der Waals surface area contributed by atoms with Crippen molar-refractivity contribution in [2.24, 2.45) is 0 Å². The van der Waals surface area contributed by atoms with E-state index in [1.165, 1.54) is 22.9 Å². The summed E-state index contributed by atoms with van der Waals surface area (Å²) in [4.78, 5) is 26.6. The number of carbonyl (C=O) groups excluding carboxylic acids is 1. The first-order valence-corrected chi connectivity index (χ1v) is 10.2. The molecule has 0 saturated carbocycles. The fraction of sp³-hybridized carbons (Fsp3) is 0.261. The monoisotopic (exact) mass is 440 g/mol. The number of β-amino-alcohol motifs (C(OH)–C–C–N with tert-alkyl or cyclic N) is 1. The molecule has 0 bridgehead atoms. The van der Waals surface area contributed by atoms with E-state index in [0.717, 1.165) is 0 Å². The van der Waals surface area contributed by atoms with E-state index in [1.807, 2.05) is 6.07 Å². The molecular formula is C23H22F2N4O3. The molecule has 4 rings (SSSR count). The molecule has 2 N–H and O–H groups in total. The number of rotatable bonds is 5. The van der Waals surface area contributed by atoms with Gasteiger partial charge in [-0.3, -0.25) is 9.59 Å². The Bertz CT molecular complexity index is 1190. The molecule has 0 unspecified atom stereocenters. The van der Waals surface area contributed by atoms with Crippen LogP contribution in [0.3, 0.4) is 0 Å². The molecule has 7 nitrogen and oxygen atoms in total. The average Bonchev–Trinajstić information content (AvgIpc) is 3.20. The molecule has 1 aliphatic heterocycles. The molecule has 166 valence electrons. The third-order valence-corrected chi connectivity index (χ3v) is 5.40. The van der Waals surface area contributed by atoms with Crippen LogP contribution in [0.25, 0.3) is 5.69 Å². The van der Waals surface area contributed by atoms with Crippen molar-refractivity contribution in [1.29, 1.82) is 0 Å². The number of hydrogen-bond donors (Lipinski definition) is 2. The molecule has 1 aromatic heterocycles. The minimum absolute atomic E-state index is 0.307. The van der Waals surface area contributed by atoms with E-state index in [0.29, 0.717) is 36.6 Å². The summed E-state index contributed by atoms with van der Waals surface area (Å²) in [6.45, 7) is 2.05. The van der Waals surface area contributed by atoms with Gasteiger partial charge in [-0.05, 0) is 37.6 Å². The van der Waals surface area contributed by atoms with Crippen molar-refractivity contribution in [2.75, 3.05) is 18.0 Å². The Morgan fingerprint density at radius 1 is 1.16 bits per heavy atom. The maximum Gasteiger partial charge on any atom is 0.276 e. The zero-order valence-corrected chi connectivity index (χ0v) is 17.4. The third kappa shape index (κ3) is 4.38. The van der Waals surface area contributed by atoms with Crippen LogP contribution in [-0.2, 0) is 6.54 Å². The Labute approximate surface area is 182 Å². The second-order valence-corrected chi connectivity index (χ2v) is 7.71. The number of aromatic nitrogens is 2. The first kappa shape index (κ1) is 21.6. The van der Waals surface area contributed by atoms with Crippen molar-refractivity contribution in [3.63, 3.8) is 0 Å². The van der Waals surface area contributed by atoms with Gasteiger partial charge in [0, 0.05) is 42.6 Å². The molecule has 0 aliphatic carbocycles. The second-order valence-electron chi connectivity index (χ2n) is 7.71. The van der Waals surface area contributed by atoms with E-state index < -0.39 is 35.6 Å². The number of aliphatic hydroxyl groups is 1. The Morgan fingerprint density at radius 2 is 1.84 bits per heavy atom. The van der Waals surface area contributed by atoms with Crippen molar-refractivity contribution in [1.82, 2.24) is 15.1 Å². The van der Waals surface area contributed by atoms with Crippen molar-refractivity contribution in [3.05, 3.63) is 87.3 Å². The average molecular weight is 440 g/mol. The van der Waals surface area contributed by atoms with Crippen molar-refractivity contribution in [3.8, 4) is 5.69 Å². The lowest BCUT2D eigenvalue weighted by Crippen LogP contribution is -2.32. The SMILES string of the molecule is Cc1cc(=O)c(C(=O)NCc2c(F)cc(N3CC[C@H](O)C3)cc2F)nn1-c1ccccc1. The fourth-order valence-electron chi connectivity index (χ4n) is 3.71. The van der Waals surface area contributed by atoms with Crippen molar-refractivity contribution in [2.45, 2.75) is 26.0 Å². The molecule has 1 amide bonds. The van der Waals surface area contributed by atoms with Crippen LogP contribution in [0.5, 0.6) is 0 Å². The number of benzene rings is 2. The molecule has 2 heterocycles. The first-order chi connectivity index (χ1) is 15.3. The van der Waals surface area contributed by atoms with Crippen LogP contribution in [0.1, 0.15) is 28.2 Å².